The van der Waals surface area contributed by atoms with Gasteiger partial charge in [-0.05, 0) is 6.92 Å². The van der Waals surface area contributed by atoms with E-state index in [1.165, 1.54) is 6.92 Å². The van der Waals surface area contributed by atoms with Crippen molar-refractivity contribution in [2.75, 3.05) is 34.2 Å². The van der Waals surface area contributed by atoms with E-state index in [0.29, 0.717) is 11.0 Å². The van der Waals surface area contributed by atoms with Crippen molar-refractivity contribution in [3.63, 3.8) is 0 Å². The Kier molecular flexibility index (Phi) is 7.34. The molecule has 0 radical (unpaired) electrons. The van der Waals surface area contributed by atoms with Crippen LogP contribution in [0.25, 0.3) is 0 Å². The third kappa shape index (κ3) is 12.4. The number of nitrogens with one attached hydrogen (secondary N) is 1. The van der Waals surface area contributed by atoms with Gasteiger partial charge in [-0.1, -0.05) is 11.6 Å². The third-order valence-corrected chi connectivity index (χ3v) is 1.55. The van der Waals surface area contributed by atoms with Crippen LogP contribution >= 0.6 is 24.0 Å². The largest absolute Gasteiger partial charge is 0.386 e. The SMILES string of the molecule is CC(O)(Cl)NCC(O)C[N+](C)(C)C.Cl. The van der Waals surface area contributed by atoms with Gasteiger partial charge in [-0.25, -0.2) is 0 Å². The van der Waals surface area contributed by atoms with Gasteiger partial charge in [0, 0.05) is 6.54 Å². The average Bonchev–Trinajstić information content (AvgIpc) is 1.78. The van der Waals surface area contributed by atoms with E-state index >= 15 is 0 Å². The molecular weight excluding hydrogens is 227 g/mol. The summed E-state index contributed by atoms with van der Waals surface area (Å²) in [5, 5.41) is 19.8. The lowest BCUT2D eigenvalue weighted by molar-refractivity contribution is -0.873. The van der Waals surface area contributed by atoms with Crippen molar-refractivity contribution in [2.45, 2.75) is 18.2 Å². The molecule has 0 fully saturated rings. The number of quaternary nitrogens is 1. The Bertz CT molecular complexity index is 154. The highest BCUT2D eigenvalue weighted by Crippen LogP contribution is 2.03. The van der Waals surface area contributed by atoms with Crippen molar-refractivity contribution in [1.29, 1.82) is 0 Å². The van der Waals surface area contributed by atoms with E-state index in [1.54, 1.807) is 0 Å². The van der Waals surface area contributed by atoms with Gasteiger partial charge >= 0.3 is 0 Å². The predicted octanol–water partition coefficient (Wildman–Crippen LogP) is -0.0303. The molecule has 0 aliphatic rings. The lowest BCUT2D eigenvalue weighted by Crippen LogP contribution is -2.48. The molecule has 0 aromatic heterocycles. The second kappa shape index (κ2) is 6.10. The van der Waals surface area contributed by atoms with Crippen LogP contribution in [-0.4, -0.2) is 60.2 Å². The molecule has 0 heterocycles. The zero-order valence-corrected chi connectivity index (χ0v) is 10.7. The van der Waals surface area contributed by atoms with Gasteiger partial charge in [0.05, 0.1) is 21.1 Å². The monoisotopic (exact) mass is 247 g/mol. The molecule has 0 bridgehead atoms. The van der Waals surface area contributed by atoms with E-state index in [4.69, 9.17) is 16.7 Å². The van der Waals surface area contributed by atoms with Crippen molar-refractivity contribution >= 4 is 24.0 Å². The van der Waals surface area contributed by atoms with Crippen molar-refractivity contribution in [2.24, 2.45) is 0 Å². The van der Waals surface area contributed by atoms with Gasteiger partial charge in [0.2, 0.25) is 0 Å². The Balaban J connectivity index is 0. The first-order chi connectivity index (χ1) is 5.60. The second-order valence-corrected chi connectivity index (χ2v) is 5.20. The fourth-order valence-corrected chi connectivity index (χ4v) is 1.08. The van der Waals surface area contributed by atoms with E-state index in [1.807, 2.05) is 21.1 Å². The molecule has 0 saturated heterocycles. The number of aliphatic hydroxyl groups excluding tert-OH is 1. The van der Waals surface area contributed by atoms with E-state index in [2.05, 4.69) is 5.32 Å². The van der Waals surface area contributed by atoms with Crippen molar-refractivity contribution in [1.82, 2.24) is 5.32 Å². The molecular formula is C8H21Cl2N2O2+. The molecule has 88 valence electrons. The lowest BCUT2D eigenvalue weighted by Gasteiger charge is -2.28. The molecule has 2 atom stereocenters. The Labute approximate surface area is 96.9 Å². The zero-order chi connectivity index (χ0) is 10.7. The highest BCUT2D eigenvalue weighted by atomic mass is 35.5. The maximum atomic E-state index is 9.50. The van der Waals surface area contributed by atoms with E-state index in [9.17, 15) is 5.11 Å². The van der Waals surface area contributed by atoms with Crippen LogP contribution in [0.15, 0.2) is 0 Å². The molecule has 0 aromatic carbocycles. The summed E-state index contributed by atoms with van der Waals surface area (Å²) >= 11 is 5.48. The Morgan fingerprint density at radius 1 is 1.43 bits per heavy atom. The van der Waals surface area contributed by atoms with Gasteiger partial charge < -0.3 is 14.7 Å². The first kappa shape index (κ1) is 16.8. The normalized spacial score (nSPS) is 18.2. The number of hydrogen-bond acceptors (Lipinski definition) is 3. The van der Waals surface area contributed by atoms with E-state index in [-0.39, 0.29) is 19.0 Å². The van der Waals surface area contributed by atoms with Crippen LogP contribution in [0.4, 0.5) is 0 Å². The smallest absolute Gasteiger partial charge is 0.190 e. The van der Waals surface area contributed by atoms with E-state index in [0.717, 1.165) is 0 Å². The first-order valence-electron chi connectivity index (χ1n) is 4.25. The van der Waals surface area contributed by atoms with Gasteiger partial charge in [0.1, 0.15) is 12.6 Å². The maximum Gasteiger partial charge on any atom is 0.190 e. The van der Waals surface area contributed by atoms with Crippen LogP contribution in [-0.2, 0) is 0 Å². The molecule has 0 amide bonds. The fourth-order valence-electron chi connectivity index (χ4n) is 1.00. The Morgan fingerprint density at radius 2 is 1.86 bits per heavy atom. The quantitative estimate of drug-likeness (QED) is 0.277. The topological polar surface area (TPSA) is 52.5 Å². The Morgan fingerprint density at radius 3 is 2.14 bits per heavy atom. The van der Waals surface area contributed by atoms with Gasteiger partial charge in [0.15, 0.2) is 5.18 Å². The molecule has 0 rings (SSSR count). The third-order valence-electron chi connectivity index (χ3n) is 1.42. The zero-order valence-electron chi connectivity index (χ0n) is 9.12. The highest BCUT2D eigenvalue weighted by Gasteiger charge is 2.20. The summed E-state index contributed by atoms with van der Waals surface area (Å²) in [4.78, 5) is 0. The van der Waals surface area contributed by atoms with Gasteiger partial charge in [-0.2, -0.15) is 0 Å². The van der Waals surface area contributed by atoms with Crippen LogP contribution in [0.1, 0.15) is 6.92 Å². The minimum Gasteiger partial charge on any atom is -0.386 e. The van der Waals surface area contributed by atoms with Crippen LogP contribution in [0.2, 0.25) is 0 Å². The van der Waals surface area contributed by atoms with Crippen LogP contribution in [0, 0.1) is 0 Å². The van der Waals surface area contributed by atoms with Crippen LogP contribution in [0.3, 0.4) is 0 Å². The summed E-state index contributed by atoms with van der Waals surface area (Å²) in [7, 11) is 5.96. The summed E-state index contributed by atoms with van der Waals surface area (Å²) in [6.07, 6.45) is -0.509. The van der Waals surface area contributed by atoms with E-state index < -0.39 is 11.3 Å². The molecule has 3 N–H and O–H groups in total. The summed E-state index contributed by atoms with van der Waals surface area (Å²) in [6, 6.07) is 0. The van der Waals surface area contributed by atoms with Crippen molar-refractivity contribution < 1.29 is 14.7 Å². The summed E-state index contributed by atoms with van der Waals surface area (Å²) in [5.74, 6) is 0. The minimum absolute atomic E-state index is 0. The molecule has 6 heteroatoms. The summed E-state index contributed by atoms with van der Waals surface area (Å²) in [5.41, 5.74) is 0. The molecule has 0 saturated carbocycles. The number of aliphatic hydroxyl groups is 2. The highest BCUT2D eigenvalue weighted by molar-refractivity contribution is 6.22. The van der Waals surface area contributed by atoms with Crippen LogP contribution in [0.5, 0.6) is 0 Å². The average molecular weight is 248 g/mol. The maximum absolute atomic E-state index is 9.50. The fraction of sp³-hybridized carbons (Fsp3) is 1.00. The number of nitrogens with zero attached hydrogens (tertiary/aromatic N) is 1. The number of alkyl halides is 1. The van der Waals surface area contributed by atoms with Crippen LogP contribution < -0.4 is 5.32 Å². The molecule has 0 aliphatic heterocycles. The molecule has 4 nitrogen and oxygen atoms in total. The predicted molar refractivity (Wildman–Crippen MR) is 60.6 cm³/mol. The van der Waals surface area contributed by atoms with Gasteiger partial charge in [-0.3, -0.25) is 5.32 Å². The molecule has 0 spiro atoms. The summed E-state index contributed by atoms with van der Waals surface area (Å²) < 4.78 is 0.674. The standard InChI is InChI=1S/C8H20ClN2O2.ClH/c1-8(9,13)10-5-7(12)6-11(2,3)4;/h7,10,12-13H,5-6H2,1-4H3;1H/q+1;. The summed E-state index contributed by atoms with van der Waals surface area (Å²) in [6.45, 7) is 2.32. The number of rotatable bonds is 5. The first-order valence-corrected chi connectivity index (χ1v) is 4.63. The number of halogens is 2. The lowest BCUT2D eigenvalue weighted by atomic mass is 10.3. The minimum atomic E-state index is -1.44. The molecule has 2 unspecified atom stereocenters. The number of hydrogen-bond donors (Lipinski definition) is 3. The second-order valence-electron chi connectivity index (χ2n) is 4.46. The molecule has 0 aliphatic carbocycles. The molecule has 14 heavy (non-hydrogen) atoms. The Hall–Kier alpha value is 0.420. The van der Waals surface area contributed by atoms with Gasteiger partial charge in [0.25, 0.3) is 0 Å². The van der Waals surface area contributed by atoms with Gasteiger partial charge in [-0.15, -0.1) is 12.4 Å². The number of likely N-dealkylation sites (N-methyl/N-ethyl adjacent to an activating group) is 1. The van der Waals surface area contributed by atoms with Crippen molar-refractivity contribution in [3.8, 4) is 0 Å². The van der Waals surface area contributed by atoms with Crippen molar-refractivity contribution in [3.05, 3.63) is 0 Å². The molecule has 0 aromatic rings.